The lowest BCUT2D eigenvalue weighted by Crippen LogP contribution is -2.16. The lowest BCUT2D eigenvalue weighted by molar-refractivity contribution is -0.140. The second-order valence-corrected chi connectivity index (χ2v) is 7.75. The highest BCUT2D eigenvalue weighted by Crippen LogP contribution is 2.31. The topological polar surface area (TPSA) is 105 Å². The minimum Gasteiger partial charge on any atom is -0.459 e. The van der Waals surface area contributed by atoms with Crippen LogP contribution in [0.2, 0.25) is 0 Å². The van der Waals surface area contributed by atoms with Crippen molar-refractivity contribution in [1.29, 1.82) is 0 Å². The van der Waals surface area contributed by atoms with E-state index in [9.17, 15) is 23.6 Å². The first-order valence-electron chi connectivity index (χ1n) is 10.6. The third kappa shape index (κ3) is 7.49. The third-order valence-electron chi connectivity index (χ3n) is 4.47. The number of ether oxygens (including phenoxy) is 4. The normalized spacial score (nSPS) is 10.1. The Morgan fingerprint density at radius 3 is 1.69 bits per heavy atom. The van der Waals surface area contributed by atoms with Gasteiger partial charge in [0.05, 0.1) is 0 Å². The van der Waals surface area contributed by atoms with E-state index >= 15 is 0 Å². The molecule has 0 atom stereocenters. The number of hydrogen-bond donors (Lipinski definition) is 0. The van der Waals surface area contributed by atoms with E-state index in [1.807, 2.05) is 0 Å². The molecule has 0 aliphatic heterocycles. The number of hydrogen-bond acceptors (Lipinski definition) is 8. The largest absolute Gasteiger partial charge is 0.459 e. The van der Waals surface area contributed by atoms with Crippen LogP contribution in [0, 0.1) is 5.82 Å². The lowest BCUT2D eigenvalue weighted by Gasteiger charge is -2.13. The van der Waals surface area contributed by atoms with E-state index in [2.05, 4.69) is 19.7 Å². The van der Waals surface area contributed by atoms with Crippen LogP contribution < -0.4 is 9.47 Å². The summed E-state index contributed by atoms with van der Waals surface area (Å²) in [7, 11) is 0. The monoisotopic (exact) mass is 496 g/mol. The van der Waals surface area contributed by atoms with Gasteiger partial charge in [-0.3, -0.25) is 0 Å². The van der Waals surface area contributed by atoms with Crippen molar-refractivity contribution in [3.05, 3.63) is 84.2 Å². The van der Waals surface area contributed by atoms with Crippen LogP contribution in [0.3, 0.4) is 0 Å². The van der Waals surface area contributed by atoms with Crippen LogP contribution in [0.4, 0.5) is 4.39 Å². The van der Waals surface area contributed by atoms with Crippen LogP contribution >= 0.6 is 0 Å². The number of esters is 4. The molecular weight excluding hydrogens is 471 g/mol. The first-order chi connectivity index (χ1) is 16.9. The van der Waals surface area contributed by atoms with E-state index in [0.29, 0.717) is 11.1 Å². The second-order valence-electron chi connectivity index (χ2n) is 7.75. The Bertz CT molecular complexity index is 1260. The van der Waals surface area contributed by atoms with Gasteiger partial charge in [-0.25, -0.2) is 23.6 Å². The fraction of sp³-hybridized carbons (Fsp3) is 0.185. The van der Waals surface area contributed by atoms with Crippen LogP contribution in [-0.2, 0) is 23.9 Å². The maximum absolute atomic E-state index is 14.6. The Kier molecular flexibility index (Phi) is 9.43. The number of carbonyl (C=O) groups excluding carboxylic acids is 4. The van der Waals surface area contributed by atoms with Gasteiger partial charge in [0.25, 0.3) is 0 Å². The second kappa shape index (κ2) is 12.3. The summed E-state index contributed by atoms with van der Waals surface area (Å²) in [5, 5.41) is 0. The molecule has 0 spiro atoms. The van der Waals surface area contributed by atoms with E-state index in [0.717, 1.165) is 6.07 Å². The fourth-order valence-electron chi connectivity index (χ4n) is 2.56. The fourth-order valence-corrected chi connectivity index (χ4v) is 2.56. The smallest absolute Gasteiger partial charge is 0.342 e. The third-order valence-corrected chi connectivity index (χ3v) is 4.47. The van der Waals surface area contributed by atoms with Crippen LogP contribution in [0.5, 0.6) is 11.5 Å². The van der Waals surface area contributed by atoms with Crippen LogP contribution in [0.15, 0.2) is 72.9 Å². The standard InChI is InChI=1S/C27H25FO8/c1-15(2)24(29)33-11-12-34-27(32)20-13-18(7-9-22(20)35-25(30)16(3)4)19-8-10-23(21(28)14-19)36-26(31)17(5)6/h7-10,13-14H,1,3,5,11-12H2,2,4,6H3. The summed E-state index contributed by atoms with van der Waals surface area (Å²) in [6, 6.07) is 8.04. The molecule has 0 bridgehead atoms. The van der Waals surface area contributed by atoms with E-state index < -0.39 is 29.7 Å². The van der Waals surface area contributed by atoms with Gasteiger partial charge in [0.2, 0.25) is 0 Å². The maximum Gasteiger partial charge on any atom is 0.342 e. The van der Waals surface area contributed by atoms with Gasteiger partial charge in [-0.1, -0.05) is 31.9 Å². The minimum absolute atomic E-state index is 0.104. The molecule has 8 nitrogen and oxygen atoms in total. The van der Waals surface area contributed by atoms with Crippen molar-refractivity contribution in [3.8, 4) is 22.6 Å². The quantitative estimate of drug-likeness (QED) is 0.201. The Labute approximate surface area is 207 Å². The van der Waals surface area contributed by atoms with E-state index in [1.165, 1.54) is 51.1 Å². The zero-order valence-corrected chi connectivity index (χ0v) is 20.1. The molecule has 0 saturated heterocycles. The number of halogens is 1. The van der Waals surface area contributed by atoms with Gasteiger partial charge in [0.1, 0.15) is 24.5 Å². The predicted octanol–water partition coefficient (Wildman–Crippen LogP) is 4.73. The summed E-state index contributed by atoms with van der Waals surface area (Å²) in [6.45, 7) is 14.3. The lowest BCUT2D eigenvalue weighted by atomic mass is 10.0. The molecule has 36 heavy (non-hydrogen) atoms. The molecule has 0 aromatic heterocycles. The molecule has 9 heteroatoms. The highest BCUT2D eigenvalue weighted by atomic mass is 19.1. The molecule has 0 N–H and O–H groups in total. The van der Waals surface area contributed by atoms with Crippen molar-refractivity contribution >= 4 is 23.9 Å². The highest BCUT2D eigenvalue weighted by Gasteiger charge is 2.20. The summed E-state index contributed by atoms with van der Waals surface area (Å²) in [5.74, 6) is -4.26. The Morgan fingerprint density at radius 1 is 0.694 bits per heavy atom. The molecule has 2 aromatic rings. The van der Waals surface area contributed by atoms with Gasteiger partial charge >= 0.3 is 23.9 Å². The maximum atomic E-state index is 14.6. The Morgan fingerprint density at radius 2 is 1.17 bits per heavy atom. The summed E-state index contributed by atoms with van der Waals surface area (Å²) >= 11 is 0. The van der Waals surface area contributed by atoms with Crippen molar-refractivity contribution in [3.63, 3.8) is 0 Å². The molecule has 0 saturated carbocycles. The summed E-state index contributed by atoms with van der Waals surface area (Å²) in [5.41, 5.74) is 0.984. The molecule has 2 aromatic carbocycles. The molecule has 0 fully saturated rings. The number of benzene rings is 2. The zero-order chi connectivity index (χ0) is 27.0. The molecule has 188 valence electrons. The van der Waals surface area contributed by atoms with Gasteiger partial charge in [-0.15, -0.1) is 0 Å². The van der Waals surface area contributed by atoms with E-state index in [1.54, 1.807) is 0 Å². The predicted molar refractivity (Wildman–Crippen MR) is 129 cm³/mol. The summed E-state index contributed by atoms with van der Waals surface area (Å²) in [6.07, 6.45) is 0. The van der Waals surface area contributed by atoms with Gasteiger partial charge in [-0.2, -0.15) is 0 Å². The summed E-state index contributed by atoms with van der Waals surface area (Å²) in [4.78, 5) is 47.9. The molecular formula is C27H25FO8. The number of rotatable bonds is 10. The number of carbonyl (C=O) groups is 4. The molecule has 0 amide bonds. The van der Waals surface area contributed by atoms with Gasteiger partial charge in [0, 0.05) is 16.7 Å². The molecule has 0 radical (unpaired) electrons. The first kappa shape index (κ1) is 27.7. The SMILES string of the molecule is C=C(C)C(=O)OCCOC(=O)c1cc(-c2ccc(OC(=O)C(=C)C)c(F)c2)ccc1OC(=O)C(=C)C. The zero-order valence-electron chi connectivity index (χ0n) is 20.1. The van der Waals surface area contributed by atoms with Gasteiger partial charge in [-0.05, 0) is 56.2 Å². The van der Waals surface area contributed by atoms with Crippen molar-refractivity contribution in [2.45, 2.75) is 20.8 Å². The van der Waals surface area contributed by atoms with E-state index in [-0.39, 0.29) is 47.0 Å². The van der Waals surface area contributed by atoms with Gasteiger partial charge < -0.3 is 18.9 Å². The van der Waals surface area contributed by atoms with Crippen molar-refractivity contribution < 1.29 is 42.5 Å². The van der Waals surface area contributed by atoms with E-state index in [4.69, 9.17) is 18.9 Å². The highest BCUT2D eigenvalue weighted by molar-refractivity contribution is 5.97. The van der Waals surface area contributed by atoms with Crippen molar-refractivity contribution in [2.75, 3.05) is 13.2 Å². The Hall–Kier alpha value is -4.53. The van der Waals surface area contributed by atoms with Crippen molar-refractivity contribution in [1.82, 2.24) is 0 Å². The van der Waals surface area contributed by atoms with Crippen LogP contribution in [0.25, 0.3) is 11.1 Å². The average molecular weight is 496 g/mol. The van der Waals surface area contributed by atoms with Crippen LogP contribution in [0.1, 0.15) is 31.1 Å². The molecule has 0 aliphatic carbocycles. The molecule has 0 aliphatic rings. The average Bonchev–Trinajstić information content (AvgIpc) is 2.82. The minimum atomic E-state index is -0.875. The Balaban J connectivity index is 2.32. The molecule has 2 rings (SSSR count). The summed E-state index contributed by atoms with van der Waals surface area (Å²) < 4.78 is 34.7. The molecule has 0 unspecified atom stereocenters. The first-order valence-corrected chi connectivity index (χ1v) is 10.6. The van der Waals surface area contributed by atoms with Crippen LogP contribution in [-0.4, -0.2) is 37.1 Å². The molecule has 0 heterocycles. The van der Waals surface area contributed by atoms with Crippen molar-refractivity contribution in [2.24, 2.45) is 0 Å². The van der Waals surface area contributed by atoms with Gasteiger partial charge in [0.15, 0.2) is 11.6 Å².